The molecule has 0 saturated heterocycles. The second kappa shape index (κ2) is 49.8. The normalized spacial score (nSPS) is 13.5. The quantitative estimate of drug-likeness (QED) is 0.126. The number of para-hydroxylation sites is 4. The van der Waals surface area contributed by atoms with Gasteiger partial charge in [-0.05, 0) is 226 Å². The molecule has 24 aromatic rings. The van der Waals surface area contributed by atoms with Crippen molar-refractivity contribution in [2.24, 2.45) is 0 Å². The maximum absolute atomic E-state index is 8.26. The van der Waals surface area contributed by atoms with Crippen LogP contribution in [-0.4, -0.2) is 39.9 Å². The van der Waals surface area contributed by atoms with Gasteiger partial charge < -0.3 is 57.5 Å². The first-order chi connectivity index (χ1) is 75.3. The van der Waals surface area contributed by atoms with E-state index in [1.807, 2.05) is 255 Å². The van der Waals surface area contributed by atoms with Gasteiger partial charge in [0, 0.05) is 156 Å². The minimum Gasteiger partial charge on any atom is -0.476 e. The number of aryl methyl sites for hydroxylation is 12. The molecule has 12 heterocycles. The zero-order valence-electron chi connectivity index (χ0n) is 97.6. The summed E-state index contributed by atoms with van der Waals surface area (Å²) >= 11 is 0. The van der Waals surface area contributed by atoms with Crippen molar-refractivity contribution in [3.8, 4) is 90.1 Å². The van der Waals surface area contributed by atoms with Gasteiger partial charge in [0.15, 0.2) is 0 Å². The Hall–Kier alpha value is -14.4. The summed E-state index contributed by atoms with van der Waals surface area (Å²) in [7, 11) is 0. The van der Waals surface area contributed by atoms with Crippen LogP contribution in [0.3, 0.4) is 0 Å². The first kappa shape index (κ1) is 82.2. The first-order valence-corrected chi connectivity index (χ1v) is 44.7. The van der Waals surface area contributed by atoms with Gasteiger partial charge in [-0.3, -0.25) is 0 Å². The molecule has 0 bridgehead atoms. The van der Waals surface area contributed by atoms with E-state index in [9.17, 15) is 0 Å². The second-order valence-corrected chi connectivity index (χ2v) is 32.9. The Morgan fingerprint density at radius 1 is 0.231 bits per heavy atom. The van der Waals surface area contributed by atoms with E-state index in [0.717, 1.165) is 183 Å². The number of benzene rings is 12. The van der Waals surface area contributed by atoms with Gasteiger partial charge in [0.05, 0.1) is 22.3 Å². The van der Waals surface area contributed by atoms with E-state index in [-0.39, 0.29) is 86.0 Å². The summed E-state index contributed by atoms with van der Waals surface area (Å²) in [6.07, 6.45) is 12.3. The van der Waals surface area contributed by atoms with Gasteiger partial charge in [0.25, 0.3) is 0 Å². The zero-order chi connectivity index (χ0) is 112. The number of pyridine rings is 8. The molecule has 718 valence electrons. The smallest absolute Gasteiger partial charge is 0.123 e. The van der Waals surface area contributed by atoms with Crippen molar-refractivity contribution in [3.63, 3.8) is 0 Å². The molecular formula is C127H102Ir4N8O4-8. The summed E-state index contributed by atoms with van der Waals surface area (Å²) in [4.78, 5) is 34.2. The van der Waals surface area contributed by atoms with Crippen LogP contribution in [0.5, 0.6) is 0 Å². The molecule has 16 heteroatoms. The number of hydrogen-bond acceptors (Lipinski definition) is 12. The molecule has 0 aliphatic carbocycles. The molecule has 12 aromatic heterocycles. The predicted octanol–water partition coefficient (Wildman–Crippen LogP) is 32.8. The third-order valence-corrected chi connectivity index (χ3v) is 22.9. The van der Waals surface area contributed by atoms with Crippen LogP contribution in [0.4, 0.5) is 0 Å². The van der Waals surface area contributed by atoms with Gasteiger partial charge in [-0.2, -0.15) is 0 Å². The van der Waals surface area contributed by atoms with Crippen LogP contribution in [0.25, 0.3) is 178 Å². The zero-order valence-corrected chi connectivity index (χ0v) is 88.2. The van der Waals surface area contributed by atoms with Crippen molar-refractivity contribution < 1.29 is 124 Å². The van der Waals surface area contributed by atoms with E-state index in [4.69, 9.17) is 43.7 Å². The van der Waals surface area contributed by atoms with Crippen molar-refractivity contribution in [1.82, 2.24) is 39.9 Å². The predicted molar refractivity (Wildman–Crippen MR) is 568 cm³/mol. The van der Waals surface area contributed by atoms with Gasteiger partial charge >= 0.3 is 0 Å². The maximum atomic E-state index is 8.26. The van der Waals surface area contributed by atoms with E-state index in [1.165, 1.54) is 55.2 Å². The summed E-state index contributed by atoms with van der Waals surface area (Å²) in [6, 6.07) is 123. The average Bonchev–Trinajstić information content (AvgIpc) is 1.60. The van der Waals surface area contributed by atoms with Crippen molar-refractivity contribution in [2.45, 2.75) is 102 Å². The summed E-state index contributed by atoms with van der Waals surface area (Å²) in [5.74, 6) is -1.71. The van der Waals surface area contributed by atoms with Gasteiger partial charge in [-0.25, -0.2) is 0 Å². The van der Waals surface area contributed by atoms with E-state index in [0.29, 0.717) is 50.3 Å². The van der Waals surface area contributed by atoms with E-state index < -0.39 is 47.0 Å². The Balaban J connectivity index is 0.000000153. The molecule has 12 nitrogen and oxygen atoms in total. The Morgan fingerprint density at radius 3 is 0.706 bits per heavy atom. The molecule has 0 N–H and O–H groups in total. The minimum absolute atomic E-state index is 0. The minimum atomic E-state index is -2.43. The maximum Gasteiger partial charge on any atom is 0.123 e. The van der Waals surface area contributed by atoms with Crippen LogP contribution in [-0.2, 0) is 80.4 Å². The van der Waals surface area contributed by atoms with E-state index in [1.54, 1.807) is 77.1 Å². The van der Waals surface area contributed by atoms with Crippen LogP contribution in [0, 0.1) is 131 Å². The number of furan rings is 4. The van der Waals surface area contributed by atoms with Crippen LogP contribution in [0.15, 0.2) is 377 Å². The molecular weight excluding hydrogens is 2470 g/mol. The van der Waals surface area contributed by atoms with Crippen LogP contribution in [0.2, 0.25) is 0 Å². The average molecular weight is 2590 g/mol. The van der Waals surface area contributed by atoms with Gasteiger partial charge in [-0.15, -0.1) is 214 Å². The number of rotatable bonds is 9. The fraction of sp³-hybridized carbons (Fsp3) is 0.118. The van der Waals surface area contributed by atoms with Crippen LogP contribution >= 0.6 is 0 Å². The van der Waals surface area contributed by atoms with Gasteiger partial charge in [-0.1, -0.05) is 225 Å². The molecule has 143 heavy (non-hydrogen) atoms. The van der Waals surface area contributed by atoms with Crippen molar-refractivity contribution >= 4 is 87.8 Å². The first-order valence-electron chi connectivity index (χ1n) is 54.2. The van der Waals surface area contributed by atoms with Crippen LogP contribution < -0.4 is 0 Å². The van der Waals surface area contributed by atoms with Gasteiger partial charge in [0.2, 0.25) is 0 Å². The monoisotopic (exact) mass is 2590 g/mol. The Bertz CT molecular complexity index is 8700. The summed E-state index contributed by atoms with van der Waals surface area (Å²) < 4.78 is 166. The molecule has 0 aliphatic rings. The standard InChI is InChI=1S/C20H16NO.C19H14NO.2C18H12NO.4C13H12N.4Ir/c1-13(2)14-9-10-21-18(11-14)15-7-8-17-16-5-3-4-6-19(16)22-20(17)12-15;1-12-9-17(20-11-13(12)2)14-7-8-16-15-5-3-4-6-18(15)21-19(16)10-14;2*1-12-8-9-19-16(10-12)13-6-7-15-14-4-2-3-5-17(14)20-18(15)11-13;4*1-10-8-13(14-9-11(10)2)12-6-4-3-5-7-12;;;;/h3-6,8-13H,1-2H3;3-6,8-11H,1-2H3;2*2-5,7-11H,1H3;4*3-6,8-9H,1-2H3;;;;/q8*-1;;;;/i1D3,13D;2D3;;;4*2D3;;;;. The number of fused-ring (bicyclic) bond motifs is 12. The summed E-state index contributed by atoms with van der Waals surface area (Å²) in [5.41, 5.74) is 27.5. The fourth-order valence-electron chi connectivity index (χ4n) is 15.1. The molecule has 1 unspecified atom stereocenters. The molecule has 0 aliphatic heterocycles. The van der Waals surface area contributed by atoms with Crippen LogP contribution in [0.1, 0.15) is 118 Å². The second-order valence-electron chi connectivity index (χ2n) is 32.9. The Kier molecular flexibility index (Phi) is 28.7. The molecule has 4 radical (unpaired) electrons. The van der Waals surface area contributed by atoms with Crippen molar-refractivity contribution in [1.29, 1.82) is 0 Å². The molecule has 0 saturated carbocycles. The molecule has 12 aromatic carbocycles. The third-order valence-electron chi connectivity index (χ3n) is 22.9. The molecule has 0 spiro atoms. The van der Waals surface area contributed by atoms with Gasteiger partial charge in [0.1, 0.15) is 22.3 Å². The SMILES string of the molecule is Cc1ccnc(-c2[c-]cc3c(c2)oc2ccccc23)c1.Cc1ccnc(-c2[c-]cc3c(c2)oc2ccccc23)c1.[2H]C([2H])([2H])C([2H])(C)c1ccnc(-c2[c-]cc3c(c2)oc2ccccc23)c1.[2H]C([2H])([2H])c1cnc(-c2[c-]cc3c(c2)oc2ccccc23)cc1C.[2H]C([2H])([2H])c1cnc(-c2[c-]cccc2)cc1C.[2H]C([2H])([2H])c1cnc(-c2[c-]cccc2)cc1C.[2H]C([2H])([2H])c1cnc(-c2[c-]cccc2)cc1C.[2H]C([2H])([2H])c1cnc(-c2[c-]cccc2)cc1C.[Ir].[Ir].[Ir].[Ir]. The molecule has 1 atom stereocenters. The molecule has 0 amide bonds. The van der Waals surface area contributed by atoms with E-state index in [2.05, 4.69) is 127 Å². The summed E-state index contributed by atoms with van der Waals surface area (Å²) in [6.45, 7) is 1.46. The molecule has 0 fully saturated rings. The topological polar surface area (TPSA) is 156 Å². The number of nitrogens with zero attached hydrogens (tertiary/aromatic N) is 8. The largest absolute Gasteiger partial charge is 0.476 e. The van der Waals surface area contributed by atoms with Crippen molar-refractivity contribution in [2.75, 3.05) is 0 Å². The Morgan fingerprint density at radius 2 is 0.469 bits per heavy atom. The Labute approximate surface area is 917 Å². The molecule has 24 rings (SSSR count). The third kappa shape index (κ3) is 26.3. The number of aromatic nitrogens is 8. The number of hydrogen-bond donors (Lipinski definition) is 0. The van der Waals surface area contributed by atoms with Crippen molar-refractivity contribution in [3.05, 3.63) is 480 Å². The summed E-state index contributed by atoms with van der Waals surface area (Å²) in [5, 5.41) is 8.49. The van der Waals surface area contributed by atoms with E-state index >= 15 is 0 Å². The fourth-order valence-corrected chi connectivity index (χ4v) is 15.1.